The number of likely N-dealkylation sites (tertiary alicyclic amines) is 1. The van der Waals surface area contributed by atoms with Gasteiger partial charge in [-0.25, -0.2) is 4.98 Å². The van der Waals surface area contributed by atoms with Crippen LogP contribution in [-0.2, 0) is 16.8 Å². The summed E-state index contributed by atoms with van der Waals surface area (Å²) in [5.41, 5.74) is 2.89. The Hall–Kier alpha value is -3.46. The molecule has 0 atom stereocenters. The molecule has 1 amide bonds. The van der Waals surface area contributed by atoms with E-state index in [4.69, 9.17) is 4.98 Å². The summed E-state index contributed by atoms with van der Waals surface area (Å²) in [4.78, 5) is 34.2. The highest BCUT2D eigenvalue weighted by Crippen LogP contribution is 2.32. The maximum absolute atomic E-state index is 14.0. The van der Waals surface area contributed by atoms with Gasteiger partial charge in [0, 0.05) is 37.5 Å². The Balaban J connectivity index is 1.66. The Morgan fingerprint density at radius 1 is 1.00 bits per heavy atom. The summed E-state index contributed by atoms with van der Waals surface area (Å²) in [5, 5.41) is 14.5. The van der Waals surface area contributed by atoms with Crippen LogP contribution < -0.4 is 5.32 Å². The molecule has 4 rings (SSSR count). The molecule has 0 aliphatic carbocycles. The quantitative estimate of drug-likeness (QED) is 0.174. The molecule has 0 bridgehead atoms. The Kier molecular flexibility index (Phi) is 10.2. The number of anilines is 2. The number of fused-ring (bicyclic) bond motifs is 1. The van der Waals surface area contributed by atoms with E-state index in [0.29, 0.717) is 17.8 Å². The number of piperidine rings is 1. The molecule has 9 nitrogen and oxygen atoms in total. The first-order valence-electron chi connectivity index (χ1n) is 15.5. The van der Waals surface area contributed by atoms with Crippen molar-refractivity contribution in [2.45, 2.75) is 79.2 Å². The normalized spacial score (nSPS) is 14.6. The number of nitrogens with one attached hydrogen (secondary N) is 1. The SMILES string of the molecule is CC(C)CN(CC(C)C)C(=O)C(C)(C)c1ccc2nc(Nc3ccc([N+](=O)[O-])cc3)n(CCCN3CCCCC3)c2c1. The maximum atomic E-state index is 14.0. The first-order chi connectivity index (χ1) is 20.0. The highest BCUT2D eigenvalue weighted by Gasteiger charge is 2.35. The van der Waals surface area contributed by atoms with Gasteiger partial charge in [0.25, 0.3) is 5.69 Å². The van der Waals surface area contributed by atoms with E-state index in [-0.39, 0.29) is 11.6 Å². The fourth-order valence-corrected chi connectivity index (χ4v) is 5.90. The monoisotopic (exact) mass is 576 g/mol. The number of nitro benzene ring substituents is 1. The fraction of sp³-hybridized carbons (Fsp3) is 0.576. The third-order valence-corrected chi connectivity index (χ3v) is 8.10. The molecule has 1 aliphatic heterocycles. The van der Waals surface area contributed by atoms with Crippen LogP contribution in [0.1, 0.15) is 72.8 Å². The van der Waals surface area contributed by atoms with Crippen LogP contribution in [0.4, 0.5) is 17.3 Å². The van der Waals surface area contributed by atoms with Gasteiger partial charge in [-0.1, -0.05) is 40.2 Å². The second kappa shape index (κ2) is 13.7. The third-order valence-electron chi connectivity index (χ3n) is 8.10. The number of carbonyl (C=O) groups excluding carboxylic acids is 1. The lowest BCUT2D eigenvalue weighted by Gasteiger charge is -2.34. The highest BCUT2D eigenvalue weighted by atomic mass is 16.6. The standard InChI is InChI=1S/C33H48N6O3/c1-24(2)22-37(23-25(3)4)31(40)33(5,6)26-11-16-29-30(21-26)38(20-10-19-36-17-8-7-9-18-36)32(35-29)34-27-12-14-28(15-13-27)39(41)42/h11-16,21,24-25H,7-10,17-20,22-23H2,1-6H3,(H,34,35). The number of hydrogen-bond donors (Lipinski definition) is 1. The summed E-state index contributed by atoms with van der Waals surface area (Å²) < 4.78 is 2.20. The van der Waals surface area contributed by atoms with E-state index in [2.05, 4.69) is 48.5 Å². The van der Waals surface area contributed by atoms with Crippen molar-refractivity contribution < 1.29 is 9.72 Å². The minimum Gasteiger partial charge on any atom is -0.341 e. The van der Waals surface area contributed by atoms with E-state index in [1.165, 1.54) is 31.4 Å². The molecule has 1 N–H and O–H groups in total. The molecule has 2 aromatic carbocycles. The van der Waals surface area contributed by atoms with E-state index in [0.717, 1.165) is 68.0 Å². The Morgan fingerprint density at radius 2 is 1.64 bits per heavy atom. The van der Waals surface area contributed by atoms with Gasteiger partial charge in [-0.2, -0.15) is 0 Å². The molecule has 0 spiro atoms. The molecule has 1 aromatic heterocycles. The summed E-state index contributed by atoms with van der Waals surface area (Å²) in [6.45, 7) is 18.2. The fourth-order valence-electron chi connectivity index (χ4n) is 5.90. The number of carbonyl (C=O) groups is 1. The molecule has 0 unspecified atom stereocenters. The van der Waals surface area contributed by atoms with Crippen LogP contribution in [0.25, 0.3) is 11.0 Å². The topological polar surface area (TPSA) is 96.5 Å². The largest absolute Gasteiger partial charge is 0.341 e. The second-order valence-electron chi connectivity index (χ2n) is 13.1. The van der Waals surface area contributed by atoms with Crippen LogP contribution in [-0.4, -0.2) is 62.9 Å². The molecule has 42 heavy (non-hydrogen) atoms. The van der Waals surface area contributed by atoms with Gasteiger partial charge in [0.15, 0.2) is 0 Å². The lowest BCUT2D eigenvalue weighted by Crippen LogP contribution is -2.46. The number of imidazole rings is 1. The Labute approximate surface area is 250 Å². The van der Waals surface area contributed by atoms with Crippen molar-refractivity contribution >= 4 is 34.3 Å². The smallest absolute Gasteiger partial charge is 0.269 e. The lowest BCUT2D eigenvalue weighted by atomic mass is 9.82. The molecule has 1 aliphatic rings. The van der Waals surface area contributed by atoms with Crippen molar-refractivity contribution in [1.82, 2.24) is 19.4 Å². The summed E-state index contributed by atoms with van der Waals surface area (Å²) in [5.74, 6) is 1.62. The first-order valence-corrected chi connectivity index (χ1v) is 15.5. The molecule has 3 aromatic rings. The van der Waals surface area contributed by atoms with Crippen molar-refractivity contribution in [1.29, 1.82) is 0 Å². The summed E-state index contributed by atoms with van der Waals surface area (Å²) >= 11 is 0. The van der Waals surface area contributed by atoms with Gasteiger partial charge in [-0.3, -0.25) is 14.9 Å². The van der Waals surface area contributed by atoms with E-state index in [9.17, 15) is 14.9 Å². The highest BCUT2D eigenvalue weighted by molar-refractivity contribution is 5.89. The van der Waals surface area contributed by atoms with Gasteiger partial charge >= 0.3 is 0 Å². The number of aromatic nitrogens is 2. The number of amides is 1. The molecule has 1 saturated heterocycles. The number of non-ortho nitro benzene ring substituents is 1. The van der Waals surface area contributed by atoms with Crippen molar-refractivity contribution in [3.8, 4) is 0 Å². The predicted molar refractivity (Wildman–Crippen MR) is 170 cm³/mol. The zero-order valence-electron chi connectivity index (χ0n) is 26.2. The molecule has 0 radical (unpaired) electrons. The van der Waals surface area contributed by atoms with Crippen molar-refractivity contribution in [2.24, 2.45) is 11.8 Å². The zero-order valence-corrected chi connectivity index (χ0v) is 26.2. The summed E-state index contributed by atoms with van der Waals surface area (Å²) in [6.07, 6.45) is 4.81. The molecular formula is C33H48N6O3. The van der Waals surface area contributed by atoms with Crippen molar-refractivity contribution in [3.63, 3.8) is 0 Å². The molecule has 0 saturated carbocycles. The third kappa shape index (κ3) is 7.68. The van der Waals surface area contributed by atoms with Gasteiger partial charge in [0.05, 0.1) is 21.4 Å². The number of benzene rings is 2. The molecule has 1 fully saturated rings. The minimum atomic E-state index is -0.702. The van der Waals surface area contributed by atoms with E-state index < -0.39 is 10.3 Å². The van der Waals surface area contributed by atoms with Crippen molar-refractivity contribution in [3.05, 3.63) is 58.1 Å². The van der Waals surface area contributed by atoms with Crippen LogP contribution >= 0.6 is 0 Å². The number of aryl methyl sites for hydroxylation is 1. The van der Waals surface area contributed by atoms with Crippen molar-refractivity contribution in [2.75, 3.05) is 38.0 Å². The van der Waals surface area contributed by atoms with E-state index in [1.54, 1.807) is 12.1 Å². The van der Waals surface area contributed by atoms with Crippen LogP contribution in [0.15, 0.2) is 42.5 Å². The number of nitro groups is 1. The van der Waals surface area contributed by atoms with Gasteiger partial charge in [0.2, 0.25) is 11.9 Å². The van der Waals surface area contributed by atoms with Crippen LogP contribution in [0.2, 0.25) is 0 Å². The number of rotatable bonds is 13. The lowest BCUT2D eigenvalue weighted by molar-refractivity contribution is -0.384. The molecule has 228 valence electrons. The molecule has 9 heteroatoms. The van der Waals surface area contributed by atoms with Crippen LogP contribution in [0.3, 0.4) is 0 Å². The second-order valence-corrected chi connectivity index (χ2v) is 13.1. The van der Waals surface area contributed by atoms with Gasteiger partial charge in [-0.15, -0.1) is 0 Å². The minimum absolute atomic E-state index is 0.0519. The van der Waals surface area contributed by atoms with Crippen LogP contribution in [0.5, 0.6) is 0 Å². The summed E-state index contributed by atoms with van der Waals surface area (Å²) in [7, 11) is 0. The van der Waals surface area contributed by atoms with Gasteiger partial charge in [-0.05, 0) is 94.4 Å². The zero-order chi connectivity index (χ0) is 30.4. The Bertz CT molecular complexity index is 1350. The number of hydrogen-bond acceptors (Lipinski definition) is 6. The maximum Gasteiger partial charge on any atom is 0.269 e. The Morgan fingerprint density at radius 3 is 2.24 bits per heavy atom. The first kappa shape index (κ1) is 31.5. The summed E-state index contributed by atoms with van der Waals surface area (Å²) in [6, 6.07) is 12.6. The number of nitrogens with zero attached hydrogens (tertiary/aromatic N) is 5. The van der Waals surface area contributed by atoms with E-state index in [1.807, 2.05) is 30.9 Å². The average molecular weight is 577 g/mol. The van der Waals surface area contributed by atoms with Crippen LogP contribution in [0, 0.1) is 22.0 Å². The van der Waals surface area contributed by atoms with Gasteiger partial charge < -0.3 is 19.7 Å². The average Bonchev–Trinajstić information content (AvgIpc) is 3.28. The molecular weight excluding hydrogens is 528 g/mol. The predicted octanol–water partition coefficient (Wildman–Crippen LogP) is 6.98. The van der Waals surface area contributed by atoms with Gasteiger partial charge in [0.1, 0.15) is 0 Å². The molecule has 2 heterocycles. The van der Waals surface area contributed by atoms with E-state index >= 15 is 0 Å².